The van der Waals surface area contributed by atoms with Gasteiger partial charge in [-0.05, 0) is 59.8 Å². The lowest BCUT2D eigenvalue weighted by Gasteiger charge is -2.33. The lowest BCUT2D eigenvalue weighted by atomic mass is 9.95. The summed E-state index contributed by atoms with van der Waals surface area (Å²) in [5, 5.41) is 3.46. The van der Waals surface area contributed by atoms with Crippen molar-refractivity contribution >= 4 is 49.7 Å². The maximum atomic E-state index is 12.6. The Morgan fingerprint density at radius 3 is 2.85 bits per heavy atom. The zero-order valence-corrected chi connectivity index (χ0v) is 15.2. The van der Waals surface area contributed by atoms with E-state index < -0.39 is 10.0 Å². The number of fused-ring (bicyclic) bond motifs is 1. The Labute approximate surface area is 138 Å². The molecule has 0 aliphatic carbocycles. The van der Waals surface area contributed by atoms with E-state index in [2.05, 4.69) is 21.2 Å². The van der Waals surface area contributed by atoms with Gasteiger partial charge >= 0.3 is 0 Å². The number of rotatable bonds is 2. The molecule has 3 rings (SSSR count). The summed E-state index contributed by atoms with van der Waals surface area (Å²) in [4.78, 5) is 0. The molecule has 2 aliphatic rings. The van der Waals surface area contributed by atoms with E-state index in [1.165, 1.54) is 11.3 Å². The number of thiophene rings is 1. The van der Waals surface area contributed by atoms with E-state index in [-0.39, 0.29) is 12.4 Å². The van der Waals surface area contributed by atoms with Gasteiger partial charge in [-0.25, -0.2) is 8.42 Å². The summed E-state index contributed by atoms with van der Waals surface area (Å²) < 4.78 is 28.3. The first-order chi connectivity index (χ1) is 8.98. The molecular formula is C12H18BrClN2O2S2. The number of aryl methyl sites for hydroxylation is 1. The Balaban J connectivity index is 0.00000147. The van der Waals surface area contributed by atoms with Crippen molar-refractivity contribution in [1.82, 2.24) is 9.62 Å². The maximum absolute atomic E-state index is 12.6. The number of sulfonamides is 1. The fourth-order valence-electron chi connectivity index (χ4n) is 2.92. The van der Waals surface area contributed by atoms with E-state index in [0.29, 0.717) is 29.3 Å². The van der Waals surface area contributed by atoms with Crippen LogP contribution in [0.2, 0.25) is 0 Å². The second kappa shape index (κ2) is 6.22. The molecule has 3 heterocycles. The summed E-state index contributed by atoms with van der Waals surface area (Å²) >= 11 is 4.71. The molecule has 114 valence electrons. The monoisotopic (exact) mass is 400 g/mol. The van der Waals surface area contributed by atoms with Gasteiger partial charge < -0.3 is 5.32 Å². The lowest BCUT2D eigenvalue weighted by Crippen LogP contribution is -2.46. The van der Waals surface area contributed by atoms with Gasteiger partial charge in [0.25, 0.3) is 10.0 Å². The second-order valence-corrected chi connectivity index (χ2v) is 9.82. The topological polar surface area (TPSA) is 49.4 Å². The summed E-state index contributed by atoms with van der Waals surface area (Å²) in [6.07, 6.45) is 2.01. The number of piperidine rings is 1. The molecule has 0 spiro atoms. The summed E-state index contributed by atoms with van der Waals surface area (Å²) in [5.41, 5.74) is 0.987. The highest BCUT2D eigenvalue weighted by molar-refractivity contribution is 9.11. The van der Waals surface area contributed by atoms with Crippen molar-refractivity contribution in [3.63, 3.8) is 0 Å². The van der Waals surface area contributed by atoms with E-state index in [0.717, 1.165) is 28.7 Å². The Bertz CT molecular complexity index is 571. The minimum Gasteiger partial charge on any atom is -0.314 e. The van der Waals surface area contributed by atoms with Crippen LogP contribution in [0, 0.1) is 12.8 Å². The van der Waals surface area contributed by atoms with Crippen LogP contribution >= 0.6 is 39.7 Å². The van der Waals surface area contributed by atoms with Crippen LogP contribution in [-0.2, 0) is 10.0 Å². The first-order valence-corrected chi connectivity index (χ1v) is 9.53. The highest BCUT2D eigenvalue weighted by Gasteiger charge is 2.38. The fraction of sp³-hybridized carbons (Fsp3) is 0.667. The lowest BCUT2D eigenvalue weighted by molar-refractivity contribution is 0.247. The quantitative estimate of drug-likeness (QED) is 0.829. The molecule has 2 saturated heterocycles. The zero-order valence-electron chi connectivity index (χ0n) is 11.1. The SMILES string of the molecule is Cc1cc(S(=O)(=O)N2CCC3NCCC3C2)sc1Br.Cl. The van der Waals surface area contributed by atoms with Gasteiger partial charge in [-0.1, -0.05) is 0 Å². The van der Waals surface area contributed by atoms with E-state index in [1.807, 2.05) is 6.92 Å². The standard InChI is InChI=1S/C12H17BrN2O2S2.ClH/c1-8-6-11(18-12(8)13)19(16,17)15-5-3-10-9(7-15)2-4-14-10;/h6,9-10,14H,2-5,7H2,1H3;1H. The molecule has 8 heteroatoms. The molecule has 4 nitrogen and oxygen atoms in total. The van der Waals surface area contributed by atoms with Crippen molar-refractivity contribution in [2.24, 2.45) is 5.92 Å². The Hall–Kier alpha value is 0.340. The Morgan fingerprint density at radius 2 is 2.20 bits per heavy atom. The molecule has 1 aromatic heterocycles. The molecule has 2 unspecified atom stereocenters. The Morgan fingerprint density at radius 1 is 1.45 bits per heavy atom. The van der Waals surface area contributed by atoms with Gasteiger partial charge in [0.15, 0.2) is 0 Å². The molecular weight excluding hydrogens is 384 g/mol. The number of hydrogen-bond acceptors (Lipinski definition) is 4. The Kier molecular flexibility index (Phi) is 5.20. The highest BCUT2D eigenvalue weighted by atomic mass is 79.9. The zero-order chi connectivity index (χ0) is 13.6. The van der Waals surface area contributed by atoms with Crippen molar-refractivity contribution in [1.29, 1.82) is 0 Å². The van der Waals surface area contributed by atoms with Crippen LogP contribution in [0.15, 0.2) is 14.1 Å². The van der Waals surface area contributed by atoms with Crippen LogP contribution in [0.5, 0.6) is 0 Å². The molecule has 2 fully saturated rings. The third-order valence-electron chi connectivity index (χ3n) is 4.05. The van der Waals surface area contributed by atoms with Crippen LogP contribution in [0.1, 0.15) is 18.4 Å². The molecule has 0 saturated carbocycles. The minimum atomic E-state index is -3.31. The van der Waals surface area contributed by atoms with Gasteiger partial charge in [0.1, 0.15) is 4.21 Å². The summed E-state index contributed by atoms with van der Waals surface area (Å²) in [6, 6.07) is 2.28. The van der Waals surface area contributed by atoms with Crippen molar-refractivity contribution in [3.05, 3.63) is 15.4 Å². The van der Waals surface area contributed by atoms with Gasteiger partial charge in [0, 0.05) is 19.1 Å². The number of nitrogens with zero attached hydrogens (tertiary/aromatic N) is 1. The van der Waals surface area contributed by atoms with Gasteiger partial charge in [-0.15, -0.1) is 23.7 Å². The third kappa shape index (κ3) is 2.94. The van der Waals surface area contributed by atoms with Crippen LogP contribution in [0.4, 0.5) is 0 Å². The molecule has 20 heavy (non-hydrogen) atoms. The first kappa shape index (κ1) is 16.7. The van der Waals surface area contributed by atoms with Gasteiger partial charge in [0.2, 0.25) is 0 Å². The van der Waals surface area contributed by atoms with Crippen molar-refractivity contribution in [2.75, 3.05) is 19.6 Å². The van der Waals surface area contributed by atoms with Crippen molar-refractivity contribution < 1.29 is 8.42 Å². The molecule has 1 aromatic rings. The van der Waals surface area contributed by atoms with E-state index in [1.54, 1.807) is 10.4 Å². The normalized spacial score (nSPS) is 27.1. The second-order valence-electron chi connectivity index (χ2n) is 5.28. The van der Waals surface area contributed by atoms with Gasteiger partial charge in [-0.2, -0.15) is 4.31 Å². The van der Waals surface area contributed by atoms with Crippen LogP contribution in [0.3, 0.4) is 0 Å². The third-order valence-corrected chi connectivity index (χ3v) is 8.50. The van der Waals surface area contributed by atoms with Crippen LogP contribution < -0.4 is 5.32 Å². The largest absolute Gasteiger partial charge is 0.314 e. The number of hydrogen-bond donors (Lipinski definition) is 1. The van der Waals surface area contributed by atoms with Crippen molar-refractivity contribution in [2.45, 2.75) is 30.0 Å². The predicted octanol–water partition coefficient (Wildman–Crippen LogP) is 2.61. The van der Waals surface area contributed by atoms with E-state index in [4.69, 9.17) is 0 Å². The summed E-state index contributed by atoms with van der Waals surface area (Å²) in [5.74, 6) is 0.480. The maximum Gasteiger partial charge on any atom is 0.252 e. The number of halogens is 2. The summed E-state index contributed by atoms with van der Waals surface area (Å²) in [6.45, 7) is 4.24. The van der Waals surface area contributed by atoms with Gasteiger partial charge in [-0.3, -0.25) is 0 Å². The molecule has 0 bridgehead atoms. The first-order valence-electron chi connectivity index (χ1n) is 6.48. The molecule has 0 radical (unpaired) electrons. The average molecular weight is 402 g/mol. The van der Waals surface area contributed by atoms with Crippen LogP contribution in [-0.4, -0.2) is 38.4 Å². The van der Waals surface area contributed by atoms with Gasteiger partial charge in [0.05, 0.1) is 3.79 Å². The summed E-state index contributed by atoms with van der Waals surface area (Å²) in [7, 11) is -3.31. The average Bonchev–Trinajstić information content (AvgIpc) is 2.96. The molecule has 2 atom stereocenters. The smallest absolute Gasteiger partial charge is 0.252 e. The van der Waals surface area contributed by atoms with E-state index in [9.17, 15) is 8.42 Å². The highest BCUT2D eigenvalue weighted by Crippen LogP contribution is 2.34. The number of nitrogens with one attached hydrogen (secondary N) is 1. The predicted molar refractivity (Wildman–Crippen MR) is 87.3 cm³/mol. The fourth-order valence-corrected chi connectivity index (χ4v) is 6.81. The molecule has 1 N–H and O–H groups in total. The van der Waals surface area contributed by atoms with Crippen LogP contribution in [0.25, 0.3) is 0 Å². The molecule has 0 amide bonds. The minimum absolute atomic E-state index is 0. The molecule has 0 aromatic carbocycles. The molecule has 2 aliphatic heterocycles. The van der Waals surface area contributed by atoms with Crippen molar-refractivity contribution in [3.8, 4) is 0 Å². The van der Waals surface area contributed by atoms with E-state index >= 15 is 0 Å².